The highest BCUT2D eigenvalue weighted by atomic mass is 35.5. The first-order valence-electron chi connectivity index (χ1n) is 9.48. The molecule has 8 heteroatoms. The number of para-hydroxylation sites is 2. The smallest absolute Gasteiger partial charge is 0.265 e. The lowest BCUT2D eigenvalue weighted by molar-refractivity contribution is 0.101. The number of benzene rings is 2. The van der Waals surface area contributed by atoms with Crippen molar-refractivity contribution in [2.45, 2.75) is 19.9 Å². The van der Waals surface area contributed by atoms with E-state index in [0.717, 1.165) is 24.0 Å². The van der Waals surface area contributed by atoms with Gasteiger partial charge in [-0.1, -0.05) is 36.7 Å². The third-order valence-electron chi connectivity index (χ3n) is 4.55. The van der Waals surface area contributed by atoms with Gasteiger partial charge in [0.1, 0.15) is 0 Å². The number of carbonyl (C=O) groups excluding carboxylic acids is 2. The number of nitrogens with one attached hydrogen (secondary N) is 2. The second-order valence-electron chi connectivity index (χ2n) is 6.66. The van der Waals surface area contributed by atoms with Crippen LogP contribution in [-0.4, -0.2) is 21.4 Å². The van der Waals surface area contributed by atoms with Crippen molar-refractivity contribution < 1.29 is 9.59 Å². The summed E-state index contributed by atoms with van der Waals surface area (Å²) in [6.45, 7) is 2.81. The van der Waals surface area contributed by atoms with Gasteiger partial charge in [-0.15, -0.1) is 11.3 Å². The van der Waals surface area contributed by atoms with E-state index in [-0.39, 0.29) is 11.8 Å². The lowest BCUT2D eigenvalue weighted by atomic mass is 10.2. The van der Waals surface area contributed by atoms with Crippen molar-refractivity contribution in [2.24, 2.45) is 0 Å². The molecule has 30 heavy (non-hydrogen) atoms. The molecule has 0 atom stereocenters. The number of hydrogen-bond acceptors (Lipinski definition) is 4. The standard InChI is InChI=1S/C22H19ClN4O2S/c1-2-11-27-18-7-4-3-6-16(18)25-22(27)26-20(28)14-9-10-15(23)17(13-14)24-21(29)19-8-5-12-30-19/h3-10,12-13H,2,11H2,1H3,(H,24,29)(H,25,26,28). The summed E-state index contributed by atoms with van der Waals surface area (Å²) in [6.07, 6.45) is 0.906. The number of halogens is 1. The molecular formula is C22H19ClN4O2S. The van der Waals surface area contributed by atoms with Crippen LogP contribution in [0.25, 0.3) is 11.0 Å². The molecule has 0 bridgehead atoms. The van der Waals surface area contributed by atoms with E-state index in [0.29, 0.717) is 27.1 Å². The Balaban J connectivity index is 1.59. The normalized spacial score (nSPS) is 10.9. The van der Waals surface area contributed by atoms with E-state index < -0.39 is 0 Å². The Hall–Kier alpha value is -3.16. The molecule has 2 amide bonds. The quantitative estimate of drug-likeness (QED) is 0.407. The highest BCUT2D eigenvalue weighted by molar-refractivity contribution is 7.12. The third-order valence-corrected chi connectivity index (χ3v) is 5.75. The number of anilines is 2. The summed E-state index contributed by atoms with van der Waals surface area (Å²) in [5.74, 6) is -0.109. The molecule has 4 rings (SSSR count). The van der Waals surface area contributed by atoms with E-state index in [9.17, 15) is 9.59 Å². The monoisotopic (exact) mass is 438 g/mol. The SMILES string of the molecule is CCCn1c(NC(=O)c2ccc(Cl)c(NC(=O)c3cccs3)c2)nc2ccccc21. The zero-order chi connectivity index (χ0) is 21.1. The van der Waals surface area contributed by atoms with Crippen molar-refractivity contribution in [3.05, 3.63) is 75.4 Å². The van der Waals surface area contributed by atoms with Crippen LogP contribution in [0, 0.1) is 0 Å². The maximum absolute atomic E-state index is 12.9. The molecule has 0 unspecified atom stereocenters. The average molecular weight is 439 g/mol. The largest absolute Gasteiger partial charge is 0.320 e. The van der Waals surface area contributed by atoms with Crippen LogP contribution >= 0.6 is 22.9 Å². The Bertz CT molecular complexity index is 1220. The number of hydrogen-bond donors (Lipinski definition) is 2. The van der Waals surface area contributed by atoms with E-state index in [1.165, 1.54) is 11.3 Å². The van der Waals surface area contributed by atoms with Crippen LogP contribution in [0.15, 0.2) is 60.0 Å². The van der Waals surface area contributed by atoms with Gasteiger partial charge in [-0.2, -0.15) is 0 Å². The molecule has 0 spiro atoms. The van der Waals surface area contributed by atoms with Gasteiger partial charge in [-0.3, -0.25) is 14.9 Å². The highest BCUT2D eigenvalue weighted by Crippen LogP contribution is 2.26. The second-order valence-corrected chi connectivity index (χ2v) is 8.01. The highest BCUT2D eigenvalue weighted by Gasteiger charge is 2.16. The van der Waals surface area contributed by atoms with Gasteiger partial charge >= 0.3 is 0 Å². The zero-order valence-electron chi connectivity index (χ0n) is 16.2. The molecule has 2 heterocycles. The first kappa shape index (κ1) is 20.1. The van der Waals surface area contributed by atoms with Crippen LogP contribution in [0.5, 0.6) is 0 Å². The summed E-state index contributed by atoms with van der Waals surface area (Å²) in [4.78, 5) is 30.4. The van der Waals surface area contributed by atoms with Gasteiger partial charge in [-0.05, 0) is 48.2 Å². The molecular weight excluding hydrogens is 420 g/mol. The van der Waals surface area contributed by atoms with Gasteiger partial charge in [0.15, 0.2) is 0 Å². The predicted molar refractivity (Wildman–Crippen MR) is 122 cm³/mol. The van der Waals surface area contributed by atoms with Crippen molar-refractivity contribution in [1.29, 1.82) is 0 Å². The van der Waals surface area contributed by atoms with Crippen molar-refractivity contribution in [3.63, 3.8) is 0 Å². The van der Waals surface area contributed by atoms with Crippen LogP contribution in [0.2, 0.25) is 5.02 Å². The molecule has 0 saturated heterocycles. The maximum Gasteiger partial charge on any atom is 0.265 e. The predicted octanol–water partition coefficient (Wildman–Crippen LogP) is 5.67. The number of thiophene rings is 1. The summed E-state index contributed by atoms with van der Waals surface area (Å²) in [5.41, 5.74) is 2.54. The molecule has 0 fully saturated rings. The molecule has 152 valence electrons. The second kappa shape index (κ2) is 8.69. The van der Waals surface area contributed by atoms with Gasteiger partial charge in [0.05, 0.1) is 26.6 Å². The molecule has 0 aliphatic heterocycles. The Kier molecular flexibility index (Phi) is 5.83. The number of aryl methyl sites for hydroxylation is 1. The fourth-order valence-corrected chi connectivity index (χ4v) is 3.93. The van der Waals surface area contributed by atoms with Gasteiger partial charge < -0.3 is 9.88 Å². The lowest BCUT2D eigenvalue weighted by Crippen LogP contribution is -2.17. The molecule has 2 N–H and O–H groups in total. The van der Waals surface area contributed by atoms with Crippen LogP contribution in [0.3, 0.4) is 0 Å². The van der Waals surface area contributed by atoms with Gasteiger partial charge in [0.25, 0.3) is 11.8 Å². The minimum absolute atomic E-state index is 0.269. The Morgan fingerprint density at radius 1 is 1.07 bits per heavy atom. The van der Waals surface area contributed by atoms with Crippen LogP contribution in [0.4, 0.5) is 11.6 Å². The summed E-state index contributed by atoms with van der Waals surface area (Å²) >= 11 is 7.56. The first-order valence-corrected chi connectivity index (χ1v) is 10.7. The average Bonchev–Trinajstić information content (AvgIpc) is 3.39. The maximum atomic E-state index is 12.9. The fraction of sp³-hybridized carbons (Fsp3) is 0.136. The van der Waals surface area contributed by atoms with E-state index in [1.54, 1.807) is 30.3 Å². The zero-order valence-corrected chi connectivity index (χ0v) is 17.8. The number of carbonyl (C=O) groups is 2. The van der Waals surface area contributed by atoms with E-state index in [4.69, 9.17) is 11.6 Å². The summed E-state index contributed by atoms with van der Waals surface area (Å²) in [5, 5.41) is 7.83. The van der Waals surface area contributed by atoms with Crippen molar-refractivity contribution >= 4 is 57.4 Å². The van der Waals surface area contributed by atoms with Gasteiger partial charge in [0, 0.05) is 12.1 Å². The molecule has 0 saturated carbocycles. The summed E-state index contributed by atoms with van der Waals surface area (Å²) in [6, 6.07) is 16.1. The minimum Gasteiger partial charge on any atom is -0.320 e. The number of rotatable bonds is 6. The number of amides is 2. The fourth-order valence-electron chi connectivity index (χ4n) is 3.15. The van der Waals surface area contributed by atoms with Crippen LogP contribution in [0.1, 0.15) is 33.4 Å². The van der Waals surface area contributed by atoms with Crippen LogP contribution in [-0.2, 0) is 6.54 Å². The molecule has 2 aromatic heterocycles. The van der Waals surface area contributed by atoms with E-state index in [1.807, 2.05) is 34.2 Å². The van der Waals surface area contributed by atoms with Crippen molar-refractivity contribution in [1.82, 2.24) is 9.55 Å². The topological polar surface area (TPSA) is 76.0 Å². The molecule has 4 aromatic rings. The third kappa shape index (κ3) is 4.08. The first-order chi connectivity index (χ1) is 14.6. The lowest BCUT2D eigenvalue weighted by Gasteiger charge is -2.11. The molecule has 0 aliphatic carbocycles. The van der Waals surface area contributed by atoms with E-state index in [2.05, 4.69) is 22.5 Å². The Morgan fingerprint density at radius 3 is 2.67 bits per heavy atom. The number of nitrogens with zero attached hydrogens (tertiary/aromatic N) is 2. The van der Waals surface area contributed by atoms with Gasteiger partial charge in [0.2, 0.25) is 5.95 Å². The number of imidazole rings is 1. The molecule has 2 aromatic carbocycles. The number of aromatic nitrogens is 2. The summed E-state index contributed by atoms with van der Waals surface area (Å²) < 4.78 is 1.99. The van der Waals surface area contributed by atoms with Crippen molar-refractivity contribution in [2.75, 3.05) is 10.6 Å². The summed E-state index contributed by atoms with van der Waals surface area (Å²) in [7, 11) is 0. The minimum atomic E-state index is -0.328. The Labute approximate surface area is 182 Å². The van der Waals surface area contributed by atoms with Crippen LogP contribution < -0.4 is 10.6 Å². The molecule has 0 radical (unpaired) electrons. The van der Waals surface area contributed by atoms with E-state index >= 15 is 0 Å². The number of fused-ring (bicyclic) bond motifs is 1. The Morgan fingerprint density at radius 2 is 1.90 bits per heavy atom. The molecule has 0 aliphatic rings. The molecule has 6 nitrogen and oxygen atoms in total. The van der Waals surface area contributed by atoms with Crippen molar-refractivity contribution in [3.8, 4) is 0 Å². The van der Waals surface area contributed by atoms with Gasteiger partial charge in [-0.25, -0.2) is 4.98 Å².